The second-order valence-electron chi connectivity index (χ2n) is 8.07. The van der Waals surface area contributed by atoms with Crippen LogP contribution in [-0.2, 0) is 20.1 Å². The van der Waals surface area contributed by atoms with Crippen LogP contribution in [0.15, 0.2) is 40.2 Å². The molecular weight excluding hydrogens is 563 g/mol. The van der Waals surface area contributed by atoms with Crippen molar-refractivity contribution in [3.8, 4) is 0 Å². The Hall–Kier alpha value is -3.88. The lowest BCUT2D eigenvalue weighted by Crippen LogP contribution is -2.43. The number of nitrogens with zero attached hydrogens (tertiary/aromatic N) is 7. The molecule has 2 aromatic carbocycles. The number of fused-ring (bicyclic) bond motifs is 1. The van der Waals surface area contributed by atoms with Gasteiger partial charge in [-0.15, -0.1) is 0 Å². The first-order valence-electron chi connectivity index (χ1n) is 10.9. The van der Waals surface area contributed by atoms with E-state index in [1.54, 1.807) is 26.2 Å². The molecule has 196 valence electrons. The summed E-state index contributed by atoms with van der Waals surface area (Å²) in [4.78, 5) is 38.9. The fourth-order valence-corrected chi connectivity index (χ4v) is 4.93. The Balaban J connectivity index is 1.63. The molecule has 3 heterocycles. The Bertz CT molecular complexity index is 1790. The Labute approximate surface area is 226 Å². The molecule has 0 amide bonds. The molecule has 5 rings (SSSR count). The minimum atomic E-state index is -1.21. The summed E-state index contributed by atoms with van der Waals surface area (Å²) < 4.78 is 32.0. The number of hydrogen-bond donors (Lipinski definition) is 2. The zero-order chi connectivity index (χ0) is 27.1. The molecule has 2 N–H and O–H groups in total. The summed E-state index contributed by atoms with van der Waals surface area (Å²) in [5, 5.41) is 10.4. The maximum Gasteiger partial charge on any atom is 0.355 e. The molecule has 0 radical (unpaired) electrons. The van der Waals surface area contributed by atoms with Gasteiger partial charge in [0, 0.05) is 14.1 Å². The van der Waals surface area contributed by atoms with Crippen molar-refractivity contribution in [2.75, 3.05) is 17.7 Å². The molecule has 11 nitrogen and oxygen atoms in total. The van der Waals surface area contributed by atoms with Gasteiger partial charge in [0.15, 0.2) is 22.6 Å². The number of nitrogens with one attached hydrogen (secondary N) is 2. The van der Waals surface area contributed by atoms with Gasteiger partial charge in [-0.3, -0.25) is 9.25 Å². The second-order valence-corrected chi connectivity index (χ2v) is 9.92. The maximum atomic E-state index is 14.1. The Morgan fingerprint density at radius 3 is 2.50 bits per heavy atom. The van der Waals surface area contributed by atoms with E-state index >= 15 is 0 Å². The van der Waals surface area contributed by atoms with E-state index in [-0.39, 0.29) is 35.4 Å². The molecule has 0 aliphatic heterocycles. The normalized spacial score (nSPS) is 11.3. The Kier molecular flexibility index (Phi) is 6.86. The van der Waals surface area contributed by atoms with E-state index in [2.05, 4.69) is 30.7 Å². The van der Waals surface area contributed by atoms with Crippen molar-refractivity contribution in [3.63, 3.8) is 0 Å². The van der Waals surface area contributed by atoms with E-state index in [1.165, 1.54) is 28.4 Å². The van der Waals surface area contributed by atoms with E-state index in [0.717, 1.165) is 19.9 Å². The number of rotatable bonds is 7. The van der Waals surface area contributed by atoms with E-state index in [1.807, 2.05) is 0 Å². The molecule has 16 heteroatoms. The molecule has 0 atom stereocenters. The van der Waals surface area contributed by atoms with Crippen molar-refractivity contribution in [2.24, 2.45) is 7.05 Å². The number of anilines is 3. The summed E-state index contributed by atoms with van der Waals surface area (Å²) in [7, 11) is 3.37. The van der Waals surface area contributed by atoms with Crippen molar-refractivity contribution < 1.29 is 8.78 Å². The lowest BCUT2D eigenvalue weighted by Gasteiger charge is -2.16. The van der Waals surface area contributed by atoms with Crippen LogP contribution in [-0.4, -0.2) is 40.9 Å². The molecule has 38 heavy (non-hydrogen) atoms. The number of benzene rings is 2. The third kappa shape index (κ3) is 4.97. The highest BCUT2D eigenvalue weighted by Gasteiger charge is 2.19. The van der Waals surface area contributed by atoms with Gasteiger partial charge in [-0.1, -0.05) is 34.5 Å². The lowest BCUT2D eigenvalue weighted by molar-refractivity contribution is 0.505. The molecule has 0 aliphatic rings. The van der Waals surface area contributed by atoms with Crippen LogP contribution >= 0.6 is 34.5 Å². The van der Waals surface area contributed by atoms with E-state index < -0.39 is 28.0 Å². The molecule has 0 bridgehead atoms. The van der Waals surface area contributed by atoms with Gasteiger partial charge in [0.05, 0.1) is 39.0 Å². The highest BCUT2D eigenvalue weighted by Crippen LogP contribution is 2.34. The summed E-state index contributed by atoms with van der Waals surface area (Å²) in [6, 6.07) is 5.41. The van der Waals surface area contributed by atoms with E-state index in [4.69, 9.17) is 23.2 Å². The van der Waals surface area contributed by atoms with Gasteiger partial charge in [0.2, 0.25) is 5.95 Å². The Morgan fingerprint density at radius 2 is 1.82 bits per heavy atom. The molecule has 0 saturated heterocycles. The van der Waals surface area contributed by atoms with Crippen LogP contribution < -0.4 is 22.0 Å². The summed E-state index contributed by atoms with van der Waals surface area (Å²) in [6.07, 6.45) is 1.42. The molecule has 0 aliphatic carbocycles. The first kappa shape index (κ1) is 25.8. The molecular formula is C22H17Cl2F2N9O2S. The van der Waals surface area contributed by atoms with E-state index in [9.17, 15) is 18.4 Å². The monoisotopic (exact) mass is 579 g/mol. The van der Waals surface area contributed by atoms with Crippen molar-refractivity contribution in [2.45, 2.75) is 13.1 Å². The van der Waals surface area contributed by atoms with Crippen molar-refractivity contribution in [1.29, 1.82) is 0 Å². The van der Waals surface area contributed by atoms with Gasteiger partial charge in [-0.2, -0.15) is 10.1 Å². The quantitative estimate of drug-likeness (QED) is 0.280. The minimum Gasteiger partial charge on any atom is -0.365 e. The van der Waals surface area contributed by atoms with Crippen LogP contribution in [0.5, 0.6) is 0 Å². The minimum absolute atomic E-state index is 0.157. The zero-order valence-corrected chi connectivity index (χ0v) is 22.0. The maximum absolute atomic E-state index is 14.1. The van der Waals surface area contributed by atoms with Crippen LogP contribution in [0.4, 0.5) is 25.5 Å². The van der Waals surface area contributed by atoms with Crippen molar-refractivity contribution in [3.05, 3.63) is 84.6 Å². The lowest BCUT2D eigenvalue weighted by atomic mass is 10.2. The summed E-state index contributed by atoms with van der Waals surface area (Å²) in [6.45, 7) is -0.559. The second kappa shape index (κ2) is 10.1. The molecule has 0 spiro atoms. The predicted octanol–water partition coefficient (Wildman–Crippen LogP) is 3.61. The Morgan fingerprint density at radius 1 is 1.03 bits per heavy atom. The van der Waals surface area contributed by atoms with Crippen LogP contribution in [0.25, 0.3) is 10.2 Å². The molecule has 0 unspecified atom stereocenters. The summed E-state index contributed by atoms with van der Waals surface area (Å²) >= 11 is 13.6. The first-order valence-corrected chi connectivity index (χ1v) is 12.4. The smallest absolute Gasteiger partial charge is 0.355 e. The van der Waals surface area contributed by atoms with Crippen molar-refractivity contribution in [1.82, 2.24) is 33.9 Å². The molecule has 0 fully saturated rings. The van der Waals surface area contributed by atoms with Gasteiger partial charge in [0.1, 0.15) is 6.33 Å². The van der Waals surface area contributed by atoms with Gasteiger partial charge in [-0.05, 0) is 29.8 Å². The fourth-order valence-electron chi connectivity index (χ4n) is 3.65. The first-order chi connectivity index (χ1) is 18.1. The van der Waals surface area contributed by atoms with E-state index in [0.29, 0.717) is 16.3 Å². The average Bonchev–Trinajstić information content (AvgIpc) is 3.47. The van der Waals surface area contributed by atoms with Gasteiger partial charge in [0.25, 0.3) is 0 Å². The number of thiazole rings is 1. The number of aryl methyl sites for hydroxylation is 1. The third-order valence-corrected chi connectivity index (χ3v) is 7.04. The van der Waals surface area contributed by atoms with Gasteiger partial charge < -0.3 is 10.6 Å². The largest absolute Gasteiger partial charge is 0.365 e. The number of aromatic nitrogens is 7. The summed E-state index contributed by atoms with van der Waals surface area (Å²) in [5.41, 5.74) is -0.525. The van der Waals surface area contributed by atoms with Crippen LogP contribution in [0, 0.1) is 11.6 Å². The highest BCUT2D eigenvalue weighted by atomic mass is 35.5. The topological polar surface area (TPSA) is 125 Å². The standard InChI is InChI=1S/C22H17Cl2F2N9O2S/c1-27-20-30-15-5-11(23)14(6-16(15)38-20)29-19-31-21(36)35(8-17-28-9-33(2)32-17)22(37)34(19)7-10-3-12(24)18(26)13(25)4-10/h3-6,9H,7-8H2,1-2H3,(H,27,30)(H,29,31,36). The summed E-state index contributed by atoms with van der Waals surface area (Å²) in [5.74, 6) is -2.37. The van der Waals surface area contributed by atoms with Crippen LogP contribution in [0.3, 0.4) is 0 Å². The predicted molar refractivity (Wildman–Crippen MR) is 141 cm³/mol. The van der Waals surface area contributed by atoms with Gasteiger partial charge in [-0.25, -0.2) is 32.9 Å². The third-order valence-electron chi connectivity index (χ3n) is 5.42. The zero-order valence-electron chi connectivity index (χ0n) is 19.7. The van der Waals surface area contributed by atoms with Crippen LogP contribution in [0.2, 0.25) is 10.0 Å². The van der Waals surface area contributed by atoms with Crippen LogP contribution in [0.1, 0.15) is 11.4 Å². The van der Waals surface area contributed by atoms with Gasteiger partial charge >= 0.3 is 11.4 Å². The molecule has 3 aromatic heterocycles. The average molecular weight is 580 g/mol. The molecule has 5 aromatic rings. The number of halogens is 4. The number of hydrogen-bond acceptors (Lipinski definition) is 9. The van der Waals surface area contributed by atoms with Crippen molar-refractivity contribution >= 4 is 61.5 Å². The SMILES string of the molecule is CNc1nc2cc(Cl)c(Nc3nc(=O)n(Cc4ncn(C)n4)c(=O)n3Cc3cc(F)c(F)c(Cl)c3)cc2s1. The fraction of sp³-hybridized carbons (Fsp3) is 0.182. The molecule has 0 saturated carbocycles. The highest BCUT2D eigenvalue weighted by molar-refractivity contribution is 7.22.